The lowest BCUT2D eigenvalue weighted by Gasteiger charge is -2.09. The van der Waals surface area contributed by atoms with Gasteiger partial charge in [-0.05, 0) is 25.2 Å². The summed E-state index contributed by atoms with van der Waals surface area (Å²) >= 11 is 0. The van der Waals surface area contributed by atoms with Crippen molar-refractivity contribution in [3.05, 3.63) is 12.7 Å². The molecule has 0 amide bonds. The number of aliphatic hydroxyl groups excluding tert-OH is 1. The zero-order valence-electron chi connectivity index (χ0n) is 5.71. The van der Waals surface area contributed by atoms with Crippen LogP contribution in [0.1, 0.15) is 25.7 Å². The molecule has 1 aliphatic carbocycles. The zero-order valence-corrected chi connectivity index (χ0v) is 5.71. The predicted molar refractivity (Wildman–Crippen MR) is 38.2 cm³/mol. The Morgan fingerprint density at radius 1 is 1.56 bits per heavy atom. The number of aliphatic hydroxyl groups is 1. The highest BCUT2D eigenvalue weighted by Crippen LogP contribution is 2.27. The SMILES string of the molecule is C=CC[C@H]1CCC[C@H]1O. The minimum Gasteiger partial charge on any atom is -0.393 e. The fraction of sp³-hybridized carbons (Fsp3) is 0.750. The van der Waals surface area contributed by atoms with Gasteiger partial charge in [0.2, 0.25) is 0 Å². The summed E-state index contributed by atoms with van der Waals surface area (Å²) in [4.78, 5) is 0. The number of allylic oxidation sites excluding steroid dienone is 1. The molecule has 1 fully saturated rings. The second-order valence-electron chi connectivity index (χ2n) is 2.78. The van der Waals surface area contributed by atoms with Gasteiger partial charge in [-0.25, -0.2) is 0 Å². The van der Waals surface area contributed by atoms with Gasteiger partial charge in [0.1, 0.15) is 0 Å². The molecule has 1 aliphatic rings. The van der Waals surface area contributed by atoms with E-state index in [2.05, 4.69) is 6.58 Å². The first-order valence-electron chi connectivity index (χ1n) is 3.63. The molecule has 0 radical (unpaired) electrons. The lowest BCUT2D eigenvalue weighted by molar-refractivity contribution is 0.134. The van der Waals surface area contributed by atoms with Crippen molar-refractivity contribution in [1.82, 2.24) is 0 Å². The molecule has 2 atom stereocenters. The van der Waals surface area contributed by atoms with E-state index in [-0.39, 0.29) is 6.10 Å². The minimum absolute atomic E-state index is 0.0389. The first kappa shape index (κ1) is 6.81. The third-order valence-corrected chi connectivity index (χ3v) is 2.09. The van der Waals surface area contributed by atoms with Crippen LogP contribution in [0, 0.1) is 5.92 Å². The standard InChI is InChI=1S/C8H14O/c1-2-4-7-5-3-6-8(7)9/h2,7-9H,1,3-6H2/t7-,8+/m0/s1. The van der Waals surface area contributed by atoms with Gasteiger partial charge in [0.05, 0.1) is 6.10 Å². The number of rotatable bonds is 2. The van der Waals surface area contributed by atoms with Crippen molar-refractivity contribution >= 4 is 0 Å². The number of hydrogen-bond donors (Lipinski definition) is 1. The van der Waals surface area contributed by atoms with Crippen LogP contribution in [0.15, 0.2) is 12.7 Å². The summed E-state index contributed by atoms with van der Waals surface area (Å²) in [6.07, 6.45) is 6.23. The summed E-state index contributed by atoms with van der Waals surface area (Å²) in [6, 6.07) is 0. The summed E-state index contributed by atoms with van der Waals surface area (Å²) in [5, 5.41) is 9.27. The van der Waals surface area contributed by atoms with Gasteiger partial charge in [0, 0.05) is 0 Å². The van der Waals surface area contributed by atoms with E-state index in [1.165, 1.54) is 12.8 Å². The zero-order chi connectivity index (χ0) is 6.69. The highest BCUT2D eigenvalue weighted by Gasteiger charge is 2.23. The van der Waals surface area contributed by atoms with Crippen LogP contribution in [-0.2, 0) is 0 Å². The van der Waals surface area contributed by atoms with E-state index < -0.39 is 0 Å². The second kappa shape index (κ2) is 3.02. The topological polar surface area (TPSA) is 20.2 Å². The molecule has 1 nitrogen and oxygen atoms in total. The third-order valence-electron chi connectivity index (χ3n) is 2.09. The molecule has 0 saturated heterocycles. The van der Waals surface area contributed by atoms with Gasteiger partial charge in [-0.2, -0.15) is 0 Å². The average Bonchev–Trinajstić information content (AvgIpc) is 2.18. The Labute approximate surface area is 56.4 Å². The van der Waals surface area contributed by atoms with Gasteiger partial charge in [-0.1, -0.05) is 12.5 Å². The van der Waals surface area contributed by atoms with Crippen molar-refractivity contribution in [1.29, 1.82) is 0 Å². The Bertz CT molecular complexity index is 98.7. The highest BCUT2D eigenvalue weighted by atomic mass is 16.3. The Morgan fingerprint density at radius 3 is 2.78 bits per heavy atom. The molecule has 0 bridgehead atoms. The molecule has 0 aliphatic heterocycles. The largest absolute Gasteiger partial charge is 0.393 e. The fourth-order valence-electron chi connectivity index (χ4n) is 1.51. The molecule has 9 heavy (non-hydrogen) atoms. The summed E-state index contributed by atoms with van der Waals surface area (Å²) in [6.45, 7) is 3.65. The van der Waals surface area contributed by atoms with Crippen molar-refractivity contribution in [3.8, 4) is 0 Å². The molecule has 1 heteroatoms. The van der Waals surface area contributed by atoms with E-state index in [9.17, 15) is 5.11 Å². The summed E-state index contributed by atoms with van der Waals surface area (Å²) in [7, 11) is 0. The maximum Gasteiger partial charge on any atom is 0.0571 e. The van der Waals surface area contributed by atoms with E-state index in [0.717, 1.165) is 12.8 Å². The van der Waals surface area contributed by atoms with E-state index in [4.69, 9.17) is 0 Å². The molecule has 0 unspecified atom stereocenters. The molecule has 0 spiro atoms. The molecule has 0 aromatic carbocycles. The second-order valence-corrected chi connectivity index (χ2v) is 2.78. The van der Waals surface area contributed by atoms with Crippen LogP contribution in [0.3, 0.4) is 0 Å². The minimum atomic E-state index is -0.0389. The molecular weight excluding hydrogens is 112 g/mol. The molecule has 1 rings (SSSR count). The van der Waals surface area contributed by atoms with Crippen molar-refractivity contribution in [2.75, 3.05) is 0 Å². The molecule has 0 aromatic heterocycles. The summed E-state index contributed by atoms with van der Waals surface area (Å²) in [5.74, 6) is 0.516. The van der Waals surface area contributed by atoms with Crippen molar-refractivity contribution in [2.24, 2.45) is 5.92 Å². The molecule has 0 heterocycles. The Kier molecular flexibility index (Phi) is 2.29. The maximum atomic E-state index is 9.27. The van der Waals surface area contributed by atoms with Crippen LogP contribution in [-0.4, -0.2) is 11.2 Å². The van der Waals surface area contributed by atoms with Gasteiger partial charge in [0.15, 0.2) is 0 Å². The van der Waals surface area contributed by atoms with Crippen LogP contribution >= 0.6 is 0 Å². The van der Waals surface area contributed by atoms with Gasteiger partial charge >= 0.3 is 0 Å². The summed E-state index contributed by atoms with van der Waals surface area (Å²) < 4.78 is 0. The monoisotopic (exact) mass is 126 g/mol. The first-order chi connectivity index (χ1) is 4.34. The van der Waals surface area contributed by atoms with Crippen LogP contribution < -0.4 is 0 Å². The van der Waals surface area contributed by atoms with Crippen LogP contribution in [0.5, 0.6) is 0 Å². The smallest absolute Gasteiger partial charge is 0.0571 e. The maximum absolute atomic E-state index is 9.27. The highest BCUT2D eigenvalue weighted by molar-refractivity contribution is 4.82. The molecule has 1 saturated carbocycles. The Balaban J connectivity index is 2.30. The van der Waals surface area contributed by atoms with Crippen LogP contribution in [0.25, 0.3) is 0 Å². The van der Waals surface area contributed by atoms with Gasteiger partial charge < -0.3 is 5.11 Å². The van der Waals surface area contributed by atoms with E-state index >= 15 is 0 Å². The Morgan fingerprint density at radius 2 is 2.33 bits per heavy atom. The fourth-order valence-corrected chi connectivity index (χ4v) is 1.51. The normalized spacial score (nSPS) is 34.8. The Hall–Kier alpha value is -0.300. The van der Waals surface area contributed by atoms with E-state index in [1.54, 1.807) is 0 Å². The lowest BCUT2D eigenvalue weighted by Crippen LogP contribution is -2.11. The van der Waals surface area contributed by atoms with Gasteiger partial charge in [-0.3, -0.25) is 0 Å². The average molecular weight is 126 g/mol. The third kappa shape index (κ3) is 1.55. The van der Waals surface area contributed by atoms with Crippen LogP contribution in [0.4, 0.5) is 0 Å². The van der Waals surface area contributed by atoms with E-state index in [0.29, 0.717) is 5.92 Å². The molecule has 0 aromatic rings. The quantitative estimate of drug-likeness (QED) is 0.558. The molecule has 1 N–H and O–H groups in total. The van der Waals surface area contributed by atoms with Crippen molar-refractivity contribution < 1.29 is 5.11 Å². The van der Waals surface area contributed by atoms with Crippen molar-refractivity contribution in [2.45, 2.75) is 31.8 Å². The lowest BCUT2D eigenvalue weighted by atomic mass is 10.0. The predicted octanol–water partition coefficient (Wildman–Crippen LogP) is 1.72. The summed E-state index contributed by atoms with van der Waals surface area (Å²) in [5.41, 5.74) is 0. The van der Waals surface area contributed by atoms with Crippen LogP contribution in [0.2, 0.25) is 0 Å². The first-order valence-corrected chi connectivity index (χ1v) is 3.63. The van der Waals surface area contributed by atoms with Crippen molar-refractivity contribution in [3.63, 3.8) is 0 Å². The number of hydrogen-bond acceptors (Lipinski definition) is 1. The molecule has 52 valence electrons. The van der Waals surface area contributed by atoms with Gasteiger partial charge in [0.25, 0.3) is 0 Å². The van der Waals surface area contributed by atoms with Gasteiger partial charge in [-0.15, -0.1) is 6.58 Å². The molecular formula is C8H14O. The van der Waals surface area contributed by atoms with E-state index in [1.807, 2.05) is 6.08 Å².